The van der Waals surface area contributed by atoms with E-state index >= 15 is 0 Å². The summed E-state index contributed by atoms with van der Waals surface area (Å²) in [5, 5.41) is 2.81. The third-order valence-electron chi connectivity index (χ3n) is 5.11. The van der Waals surface area contributed by atoms with Crippen LogP contribution in [0.1, 0.15) is 30.1 Å². The van der Waals surface area contributed by atoms with E-state index in [0.717, 1.165) is 31.8 Å². The fourth-order valence-corrected chi connectivity index (χ4v) is 3.30. The number of rotatable bonds is 5. The van der Waals surface area contributed by atoms with Gasteiger partial charge in [-0.2, -0.15) is 0 Å². The van der Waals surface area contributed by atoms with Crippen LogP contribution in [0.3, 0.4) is 0 Å². The minimum Gasteiger partial charge on any atom is -0.457 e. The molecular formula is C23H23FN4O2. The molecule has 1 aliphatic rings. The summed E-state index contributed by atoms with van der Waals surface area (Å²) in [5.41, 5.74) is 0.961. The van der Waals surface area contributed by atoms with Crippen molar-refractivity contribution in [2.45, 2.75) is 19.8 Å². The quantitative estimate of drug-likeness (QED) is 0.653. The average molecular weight is 406 g/mol. The maximum atomic E-state index is 13.0. The van der Waals surface area contributed by atoms with E-state index < -0.39 is 0 Å². The van der Waals surface area contributed by atoms with Gasteiger partial charge in [-0.1, -0.05) is 13.0 Å². The number of amides is 1. The van der Waals surface area contributed by atoms with Gasteiger partial charge in [0, 0.05) is 18.7 Å². The minimum absolute atomic E-state index is 0.289. The van der Waals surface area contributed by atoms with Crippen molar-refractivity contribution < 1.29 is 13.9 Å². The lowest BCUT2D eigenvalue weighted by Gasteiger charge is -2.30. The number of carbonyl (C=O) groups excluding carboxylic acids is 1. The molecule has 3 aromatic rings. The van der Waals surface area contributed by atoms with Gasteiger partial charge in [0.25, 0.3) is 5.91 Å². The van der Waals surface area contributed by atoms with Gasteiger partial charge in [0.1, 0.15) is 17.3 Å². The third kappa shape index (κ3) is 4.92. The molecule has 6 nitrogen and oxygen atoms in total. The second-order valence-electron chi connectivity index (χ2n) is 7.48. The summed E-state index contributed by atoms with van der Waals surface area (Å²) in [5.74, 6) is 1.78. The standard InChI is InChI=1S/C23H23FN4O2/c1-16-9-11-28(12-10-16)23-25-14-19(15-26-23)27-22(29)17-3-2-4-21(13-17)30-20-7-5-18(24)6-8-20/h2-8,13-16H,9-12H2,1H3,(H,27,29). The number of benzene rings is 2. The third-order valence-corrected chi connectivity index (χ3v) is 5.11. The van der Waals surface area contributed by atoms with Gasteiger partial charge in [-0.15, -0.1) is 0 Å². The summed E-state index contributed by atoms with van der Waals surface area (Å²) in [4.78, 5) is 23.6. The average Bonchev–Trinajstić information content (AvgIpc) is 2.77. The van der Waals surface area contributed by atoms with Crippen molar-refractivity contribution in [3.63, 3.8) is 0 Å². The summed E-state index contributed by atoms with van der Waals surface area (Å²) in [6, 6.07) is 12.5. The Morgan fingerprint density at radius 3 is 2.47 bits per heavy atom. The minimum atomic E-state index is -0.335. The van der Waals surface area contributed by atoms with E-state index in [4.69, 9.17) is 4.74 Å². The van der Waals surface area contributed by atoms with Crippen LogP contribution in [0.15, 0.2) is 60.9 Å². The number of piperidine rings is 1. The molecule has 154 valence electrons. The molecule has 0 bridgehead atoms. The first-order valence-corrected chi connectivity index (χ1v) is 9.98. The van der Waals surface area contributed by atoms with E-state index in [1.165, 1.54) is 24.3 Å². The molecule has 7 heteroatoms. The van der Waals surface area contributed by atoms with Gasteiger partial charge >= 0.3 is 0 Å². The first-order valence-electron chi connectivity index (χ1n) is 9.98. The van der Waals surface area contributed by atoms with Crippen molar-refractivity contribution in [1.82, 2.24) is 9.97 Å². The Hall–Kier alpha value is -3.48. The highest BCUT2D eigenvalue weighted by atomic mass is 19.1. The molecule has 0 spiro atoms. The molecule has 2 heterocycles. The lowest BCUT2D eigenvalue weighted by atomic mass is 10.00. The van der Waals surface area contributed by atoms with Crippen molar-refractivity contribution in [1.29, 1.82) is 0 Å². The zero-order valence-electron chi connectivity index (χ0n) is 16.7. The maximum Gasteiger partial charge on any atom is 0.255 e. The summed E-state index contributed by atoms with van der Waals surface area (Å²) in [6.45, 7) is 4.16. The number of hydrogen-bond donors (Lipinski definition) is 1. The molecule has 1 amide bonds. The van der Waals surface area contributed by atoms with Crippen LogP contribution in [-0.4, -0.2) is 29.0 Å². The predicted octanol–water partition coefficient (Wildman–Crippen LogP) is 4.90. The molecule has 0 aliphatic carbocycles. The Balaban J connectivity index is 1.39. The Morgan fingerprint density at radius 1 is 1.07 bits per heavy atom. The van der Waals surface area contributed by atoms with Crippen LogP contribution in [0.5, 0.6) is 11.5 Å². The SMILES string of the molecule is CC1CCN(c2ncc(NC(=O)c3cccc(Oc4ccc(F)cc4)c3)cn2)CC1. The number of halogens is 1. The van der Waals surface area contributed by atoms with Crippen LogP contribution >= 0.6 is 0 Å². The maximum absolute atomic E-state index is 13.0. The van der Waals surface area contributed by atoms with E-state index in [0.29, 0.717) is 28.7 Å². The van der Waals surface area contributed by atoms with Crippen LogP contribution in [0.4, 0.5) is 16.0 Å². The lowest BCUT2D eigenvalue weighted by molar-refractivity contribution is 0.102. The Morgan fingerprint density at radius 2 is 1.77 bits per heavy atom. The van der Waals surface area contributed by atoms with Crippen molar-refractivity contribution >= 4 is 17.5 Å². The molecule has 0 atom stereocenters. The van der Waals surface area contributed by atoms with Crippen LogP contribution in [0.25, 0.3) is 0 Å². The smallest absolute Gasteiger partial charge is 0.255 e. The van der Waals surface area contributed by atoms with Gasteiger partial charge in [0.05, 0.1) is 18.1 Å². The molecule has 0 saturated carbocycles. The molecule has 2 aromatic carbocycles. The number of nitrogens with zero attached hydrogens (tertiary/aromatic N) is 3. The summed E-state index contributed by atoms with van der Waals surface area (Å²) in [6.07, 6.45) is 5.52. The number of aromatic nitrogens is 2. The Labute approximate surface area is 174 Å². The number of nitrogens with one attached hydrogen (secondary N) is 1. The van der Waals surface area contributed by atoms with Crippen molar-refractivity contribution in [2.75, 3.05) is 23.3 Å². The molecule has 4 rings (SSSR count). The molecule has 1 aliphatic heterocycles. The Bertz CT molecular complexity index is 1000. The predicted molar refractivity (Wildman–Crippen MR) is 114 cm³/mol. The highest BCUT2D eigenvalue weighted by molar-refractivity contribution is 6.04. The van der Waals surface area contributed by atoms with Crippen LogP contribution in [-0.2, 0) is 0 Å². The Kier molecular flexibility index (Phi) is 5.88. The van der Waals surface area contributed by atoms with Gasteiger partial charge < -0.3 is 15.0 Å². The first-order chi connectivity index (χ1) is 14.6. The van der Waals surface area contributed by atoms with Crippen molar-refractivity contribution in [3.8, 4) is 11.5 Å². The van der Waals surface area contributed by atoms with Gasteiger partial charge in [-0.25, -0.2) is 14.4 Å². The molecule has 30 heavy (non-hydrogen) atoms. The summed E-state index contributed by atoms with van der Waals surface area (Å²) >= 11 is 0. The van der Waals surface area contributed by atoms with E-state index in [1.807, 2.05) is 0 Å². The number of carbonyl (C=O) groups is 1. The zero-order chi connectivity index (χ0) is 20.9. The second-order valence-corrected chi connectivity index (χ2v) is 7.48. The summed E-state index contributed by atoms with van der Waals surface area (Å²) < 4.78 is 18.7. The molecule has 1 fully saturated rings. The van der Waals surface area contributed by atoms with Gasteiger partial charge in [-0.3, -0.25) is 4.79 Å². The van der Waals surface area contributed by atoms with E-state index in [-0.39, 0.29) is 11.7 Å². The van der Waals surface area contributed by atoms with Crippen LogP contribution in [0.2, 0.25) is 0 Å². The second kappa shape index (κ2) is 8.90. The monoisotopic (exact) mass is 406 g/mol. The molecule has 1 aromatic heterocycles. The van der Waals surface area contributed by atoms with Crippen molar-refractivity contribution in [2.24, 2.45) is 5.92 Å². The summed E-state index contributed by atoms with van der Waals surface area (Å²) in [7, 11) is 0. The normalized spacial score (nSPS) is 14.4. The fraction of sp³-hybridized carbons (Fsp3) is 0.261. The number of anilines is 2. The lowest BCUT2D eigenvalue weighted by Crippen LogP contribution is -2.34. The number of hydrogen-bond acceptors (Lipinski definition) is 5. The van der Waals surface area contributed by atoms with E-state index in [2.05, 4.69) is 27.1 Å². The molecule has 1 N–H and O–H groups in total. The number of ether oxygens (including phenoxy) is 1. The van der Waals surface area contributed by atoms with Gasteiger partial charge in [0.15, 0.2) is 0 Å². The van der Waals surface area contributed by atoms with Crippen LogP contribution in [0, 0.1) is 11.7 Å². The van der Waals surface area contributed by atoms with E-state index in [1.54, 1.807) is 36.7 Å². The molecule has 0 radical (unpaired) electrons. The van der Waals surface area contributed by atoms with Crippen LogP contribution < -0.4 is 15.0 Å². The van der Waals surface area contributed by atoms with E-state index in [9.17, 15) is 9.18 Å². The molecular weight excluding hydrogens is 383 g/mol. The highest BCUT2D eigenvalue weighted by Gasteiger charge is 2.18. The topological polar surface area (TPSA) is 67.4 Å². The fourth-order valence-electron chi connectivity index (χ4n) is 3.30. The first kappa shape index (κ1) is 19.8. The van der Waals surface area contributed by atoms with Crippen molar-refractivity contribution in [3.05, 3.63) is 72.3 Å². The largest absolute Gasteiger partial charge is 0.457 e. The van der Waals surface area contributed by atoms with Gasteiger partial charge in [0.2, 0.25) is 5.95 Å². The molecule has 1 saturated heterocycles. The zero-order valence-corrected chi connectivity index (χ0v) is 16.7. The van der Waals surface area contributed by atoms with Gasteiger partial charge in [-0.05, 0) is 61.2 Å². The highest BCUT2D eigenvalue weighted by Crippen LogP contribution is 2.23. The molecule has 0 unspecified atom stereocenters.